The highest BCUT2D eigenvalue weighted by Crippen LogP contribution is 2.16. The Morgan fingerprint density at radius 3 is 2.81 bits per heavy atom. The fourth-order valence-electron chi connectivity index (χ4n) is 1.18. The molecular formula is C10H13FN2O3. The van der Waals surface area contributed by atoms with Gasteiger partial charge in [0.2, 0.25) is 0 Å². The largest absolute Gasteiger partial charge is 0.375 e. The van der Waals surface area contributed by atoms with Crippen molar-refractivity contribution in [1.82, 2.24) is 0 Å². The van der Waals surface area contributed by atoms with Crippen molar-refractivity contribution in [3.63, 3.8) is 0 Å². The van der Waals surface area contributed by atoms with Gasteiger partial charge in [-0.15, -0.1) is 0 Å². The monoisotopic (exact) mass is 228 g/mol. The van der Waals surface area contributed by atoms with Gasteiger partial charge in [-0.05, 0) is 18.6 Å². The van der Waals surface area contributed by atoms with Crippen LogP contribution in [0.4, 0.5) is 10.1 Å². The van der Waals surface area contributed by atoms with Crippen LogP contribution in [0.15, 0.2) is 18.2 Å². The maximum Gasteiger partial charge on any atom is 0.272 e. The average Bonchev–Trinajstić information content (AvgIpc) is 2.16. The van der Waals surface area contributed by atoms with Crippen molar-refractivity contribution < 1.29 is 14.1 Å². The van der Waals surface area contributed by atoms with Crippen molar-refractivity contribution in [3.05, 3.63) is 39.7 Å². The van der Waals surface area contributed by atoms with Crippen LogP contribution < -0.4 is 5.73 Å². The van der Waals surface area contributed by atoms with E-state index in [1.165, 1.54) is 12.1 Å². The highest BCUT2D eigenvalue weighted by atomic mass is 19.1. The topological polar surface area (TPSA) is 78.4 Å². The zero-order valence-electron chi connectivity index (χ0n) is 8.85. The molecule has 1 atom stereocenters. The van der Waals surface area contributed by atoms with E-state index in [0.29, 0.717) is 12.2 Å². The standard InChI is InChI=1S/C10H13FN2O3/c1-7(12)5-16-6-8-2-9(11)4-10(3-8)13(14)15/h2-4,7H,5-6,12H2,1H3/t7-/m1/s1. The summed E-state index contributed by atoms with van der Waals surface area (Å²) in [5, 5.41) is 10.5. The minimum absolute atomic E-state index is 0.111. The molecule has 5 nitrogen and oxygen atoms in total. The SMILES string of the molecule is C[C@@H](N)COCc1cc(F)cc([N+](=O)[O-])c1. The zero-order valence-corrected chi connectivity index (χ0v) is 8.85. The van der Waals surface area contributed by atoms with E-state index in [4.69, 9.17) is 10.5 Å². The van der Waals surface area contributed by atoms with Gasteiger partial charge in [0.1, 0.15) is 5.82 Å². The molecular weight excluding hydrogens is 215 g/mol. The Bertz CT molecular complexity index is 382. The number of nitro groups is 1. The van der Waals surface area contributed by atoms with Gasteiger partial charge < -0.3 is 10.5 Å². The molecule has 0 bridgehead atoms. The summed E-state index contributed by atoms with van der Waals surface area (Å²) in [6, 6.07) is 3.23. The summed E-state index contributed by atoms with van der Waals surface area (Å²) in [5.41, 5.74) is 5.60. The molecule has 0 aliphatic rings. The molecule has 2 N–H and O–H groups in total. The minimum atomic E-state index is -0.645. The summed E-state index contributed by atoms with van der Waals surface area (Å²) >= 11 is 0. The van der Waals surface area contributed by atoms with Gasteiger partial charge in [0.15, 0.2) is 0 Å². The zero-order chi connectivity index (χ0) is 12.1. The lowest BCUT2D eigenvalue weighted by atomic mass is 10.2. The molecule has 0 heterocycles. The predicted molar refractivity (Wildman–Crippen MR) is 56.4 cm³/mol. The van der Waals surface area contributed by atoms with E-state index in [1.807, 2.05) is 0 Å². The van der Waals surface area contributed by atoms with Crippen molar-refractivity contribution >= 4 is 5.69 Å². The second-order valence-electron chi connectivity index (χ2n) is 3.57. The Hall–Kier alpha value is -1.53. The maximum absolute atomic E-state index is 13.0. The summed E-state index contributed by atoms with van der Waals surface area (Å²) < 4.78 is 18.1. The number of hydrogen-bond acceptors (Lipinski definition) is 4. The molecule has 1 rings (SSSR count). The van der Waals surface area contributed by atoms with Gasteiger partial charge in [-0.3, -0.25) is 10.1 Å². The molecule has 0 aliphatic heterocycles. The smallest absolute Gasteiger partial charge is 0.272 e. The molecule has 1 aromatic carbocycles. The van der Waals surface area contributed by atoms with Gasteiger partial charge in [0.25, 0.3) is 5.69 Å². The molecule has 6 heteroatoms. The first kappa shape index (κ1) is 12.5. The van der Waals surface area contributed by atoms with Crippen LogP contribution in [0, 0.1) is 15.9 Å². The molecule has 0 aliphatic carbocycles. The predicted octanol–water partition coefficient (Wildman–Crippen LogP) is 1.60. The molecule has 0 aromatic heterocycles. The normalized spacial score (nSPS) is 12.4. The van der Waals surface area contributed by atoms with Crippen LogP contribution in [0.1, 0.15) is 12.5 Å². The average molecular weight is 228 g/mol. The van der Waals surface area contributed by atoms with E-state index in [1.54, 1.807) is 6.92 Å². The highest BCUT2D eigenvalue weighted by molar-refractivity contribution is 5.34. The van der Waals surface area contributed by atoms with Crippen molar-refractivity contribution in [2.45, 2.75) is 19.6 Å². The Labute approximate surface area is 92.2 Å². The molecule has 16 heavy (non-hydrogen) atoms. The van der Waals surface area contributed by atoms with E-state index in [9.17, 15) is 14.5 Å². The van der Waals surface area contributed by atoms with E-state index in [-0.39, 0.29) is 18.3 Å². The van der Waals surface area contributed by atoms with Gasteiger partial charge in [-0.2, -0.15) is 0 Å². The highest BCUT2D eigenvalue weighted by Gasteiger charge is 2.09. The van der Waals surface area contributed by atoms with Crippen LogP contribution in [0.2, 0.25) is 0 Å². The molecule has 1 aromatic rings. The van der Waals surface area contributed by atoms with Gasteiger partial charge >= 0.3 is 0 Å². The molecule has 0 spiro atoms. The van der Waals surface area contributed by atoms with Gasteiger partial charge in [0.05, 0.1) is 24.2 Å². The van der Waals surface area contributed by atoms with Crippen LogP contribution in [0.3, 0.4) is 0 Å². The van der Waals surface area contributed by atoms with Crippen molar-refractivity contribution in [1.29, 1.82) is 0 Å². The first-order valence-electron chi connectivity index (χ1n) is 4.76. The number of benzene rings is 1. The van der Waals surface area contributed by atoms with E-state index in [2.05, 4.69) is 0 Å². The van der Waals surface area contributed by atoms with Crippen LogP contribution >= 0.6 is 0 Å². The van der Waals surface area contributed by atoms with Crippen LogP contribution in [-0.4, -0.2) is 17.6 Å². The third-order valence-electron chi connectivity index (χ3n) is 1.80. The van der Waals surface area contributed by atoms with E-state index < -0.39 is 10.7 Å². The molecule has 0 saturated carbocycles. The number of hydrogen-bond donors (Lipinski definition) is 1. The first-order chi connectivity index (χ1) is 7.49. The molecule has 0 saturated heterocycles. The maximum atomic E-state index is 13.0. The summed E-state index contributed by atoms with van der Waals surface area (Å²) in [5.74, 6) is -0.645. The summed E-state index contributed by atoms with van der Waals surface area (Å²) in [4.78, 5) is 9.82. The number of nitrogens with zero attached hydrogens (tertiary/aromatic N) is 1. The molecule has 88 valence electrons. The lowest BCUT2D eigenvalue weighted by molar-refractivity contribution is -0.385. The van der Waals surface area contributed by atoms with Crippen LogP contribution in [-0.2, 0) is 11.3 Å². The Balaban J connectivity index is 2.69. The minimum Gasteiger partial charge on any atom is -0.375 e. The molecule has 0 fully saturated rings. The van der Waals surface area contributed by atoms with E-state index >= 15 is 0 Å². The van der Waals surface area contributed by atoms with Crippen molar-refractivity contribution in [3.8, 4) is 0 Å². The summed E-state index contributed by atoms with van der Waals surface area (Å²) in [7, 11) is 0. The number of rotatable bonds is 5. The van der Waals surface area contributed by atoms with E-state index in [0.717, 1.165) is 6.07 Å². The lowest BCUT2D eigenvalue weighted by Crippen LogP contribution is -2.21. The third-order valence-corrected chi connectivity index (χ3v) is 1.80. The lowest BCUT2D eigenvalue weighted by Gasteiger charge is -2.06. The Morgan fingerprint density at radius 1 is 1.56 bits per heavy atom. The number of ether oxygens (including phenoxy) is 1. The second-order valence-corrected chi connectivity index (χ2v) is 3.57. The molecule has 0 radical (unpaired) electrons. The fourth-order valence-corrected chi connectivity index (χ4v) is 1.18. The molecule has 0 unspecified atom stereocenters. The van der Waals surface area contributed by atoms with Crippen LogP contribution in [0.25, 0.3) is 0 Å². The quantitative estimate of drug-likeness (QED) is 0.613. The fraction of sp³-hybridized carbons (Fsp3) is 0.400. The van der Waals surface area contributed by atoms with Gasteiger partial charge in [-0.25, -0.2) is 4.39 Å². The van der Waals surface area contributed by atoms with Crippen LogP contribution in [0.5, 0.6) is 0 Å². The van der Waals surface area contributed by atoms with Crippen molar-refractivity contribution in [2.75, 3.05) is 6.61 Å². The Kier molecular flexibility index (Phi) is 4.33. The molecule has 0 amide bonds. The number of non-ortho nitro benzene ring substituents is 1. The second kappa shape index (κ2) is 5.53. The van der Waals surface area contributed by atoms with Crippen molar-refractivity contribution in [2.24, 2.45) is 5.73 Å². The third kappa shape index (κ3) is 3.92. The number of nitrogens with two attached hydrogens (primary N) is 1. The number of halogens is 1. The summed E-state index contributed by atoms with van der Waals surface area (Å²) in [6.45, 7) is 2.21. The van der Waals surface area contributed by atoms with Gasteiger partial charge in [0, 0.05) is 12.1 Å². The summed E-state index contributed by atoms with van der Waals surface area (Å²) in [6.07, 6.45) is 0. The first-order valence-corrected chi connectivity index (χ1v) is 4.76. The Morgan fingerprint density at radius 2 is 2.25 bits per heavy atom. The number of nitro benzene ring substituents is 1. The van der Waals surface area contributed by atoms with Gasteiger partial charge in [-0.1, -0.05) is 0 Å².